The fourth-order valence-corrected chi connectivity index (χ4v) is 1.34. The number of nitrogens with zero attached hydrogens (tertiary/aromatic N) is 1. The van der Waals surface area contributed by atoms with Crippen LogP contribution in [0.25, 0.3) is 0 Å². The molecule has 0 radical (unpaired) electrons. The fraction of sp³-hybridized carbons (Fsp3) is 0.0909. The lowest BCUT2D eigenvalue weighted by Gasteiger charge is -2.09. The van der Waals surface area contributed by atoms with Gasteiger partial charge in [-0.3, -0.25) is 4.79 Å². The first-order valence-electron chi connectivity index (χ1n) is 4.86. The van der Waals surface area contributed by atoms with Crippen LogP contribution in [0.5, 0.6) is 5.75 Å². The molecular formula is C11H11N3O3. The molecule has 0 spiro atoms. The third kappa shape index (κ3) is 2.36. The first-order valence-corrected chi connectivity index (χ1v) is 4.86. The normalized spacial score (nSPS) is 9.94. The summed E-state index contributed by atoms with van der Waals surface area (Å²) in [7, 11) is 1.51. The molecule has 1 aromatic carbocycles. The van der Waals surface area contributed by atoms with Crippen molar-refractivity contribution in [2.45, 2.75) is 0 Å². The van der Waals surface area contributed by atoms with Crippen LogP contribution in [-0.2, 0) is 0 Å². The Kier molecular flexibility index (Phi) is 2.95. The molecule has 2 aromatic rings. The zero-order chi connectivity index (χ0) is 12.3. The second-order valence-electron chi connectivity index (χ2n) is 3.30. The van der Waals surface area contributed by atoms with Crippen LogP contribution in [0.2, 0.25) is 0 Å². The van der Waals surface area contributed by atoms with E-state index in [1.807, 2.05) is 0 Å². The van der Waals surface area contributed by atoms with E-state index in [9.17, 15) is 4.79 Å². The minimum absolute atomic E-state index is 0.189. The van der Waals surface area contributed by atoms with Gasteiger partial charge in [0.1, 0.15) is 12.0 Å². The molecule has 6 nitrogen and oxygen atoms in total. The maximum Gasteiger partial charge on any atom is 0.277 e. The van der Waals surface area contributed by atoms with Gasteiger partial charge in [-0.2, -0.15) is 0 Å². The highest BCUT2D eigenvalue weighted by molar-refractivity contribution is 6.03. The Bertz CT molecular complexity index is 523. The van der Waals surface area contributed by atoms with Crippen LogP contribution in [0.3, 0.4) is 0 Å². The Hall–Kier alpha value is -2.50. The van der Waals surface area contributed by atoms with E-state index < -0.39 is 0 Å². The molecule has 17 heavy (non-hydrogen) atoms. The lowest BCUT2D eigenvalue weighted by Crippen LogP contribution is -2.13. The van der Waals surface area contributed by atoms with Crippen LogP contribution in [-0.4, -0.2) is 18.2 Å². The lowest BCUT2D eigenvalue weighted by atomic mass is 10.2. The quantitative estimate of drug-likeness (QED) is 0.784. The number of amides is 1. The number of aromatic nitrogens is 1. The van der Waals surface area contributed by atoms with Gasteiger partial charge in [0.25, 0.3) is 5.91 Å². The highest BCUT2D eigenvalue weighted by Gasteiger charge is 2.12. The molecule has 0 saturated heterocycles. The monoisotopic (exact) mass is 233 g/mol. The van der Waals surface area contributed by atoms with Crippen LogP contribution >= 0.6 is 0 Å². The molecule has 0 saturated carbocycles. The van der Waals surface area contributed by atoms with Gasteiger partial charge < -0.3 is 20.3 Å². The summed E-state index contributed by atoms with van der Waals surface area (Å²) in [6.45, 7) is 0. The van der Waals surface area contributed by atoms with Crippen LogP contribution in [0.15, 0.2) is 35.1 Å². The fourth-order valence-electron chi connectivity index (χ4n) is 1.34. The van der Waals surface area contributed by atoms with Gasteiger partial charge in [-0.1, -0.05) is 5.16 Å². The van der Waals surface area contributed by atoms with E-state index in [0.717, 1.165) is 0 Å². The number of carbonyl (C=O) groups excluding carboxylic acids is 1. The van der Waals surface area contributed by atoms with Crippen LogP contribution < -0.4 is 15.8 Å². The molecule has 6 heteroatoms. The number of ether oxygens (including phenoxy) is 1. The minimum Gasteiger partial charge on any atom is -0.495 e. The number of rotatable bonds is 3. The molecule has 0 aliphatic rings. The van der Waals surface area contributed by atoms with Crippen molar-refractivity contribution in [3.05, 3.63) is 36.2 Å². The van der Waals surface area contributed by atoms with Gasteiger partial charge in [0, 0.05) is 11.8 Å². The summed E-state index contributed by atoms with van der Waals surface area (Å²) in [5.41, 5.74) is 6.84. The maximum atomic E-state index is 11.7. The van der Waals surface area contributed by atoms with Gasteiger partial charge in [0.05, 0.1) is 12.8 Å². The number of benzene rings is 1. The standard InChI is InChI=1S/C11H11N3O3/c1-16-10-3-2-7(12)6-9(10)13-11(15)8-4-5-17-14-8/h2-6H,12H2,1H3,(H,13,15). The smallest absolute Gasteiger partial charge is 0.277 e. The summed E-state index contributed by atoms with van der Waals surface area (Å²) in [6, 6.07) is 6.43. The van der Waals surface area contributed by atoms with Gasteiger partial charge in [0.15, 0.2) is 5.69 Å². The third-order valence-electron chi connectivity index (χ3n) is 2.14. The number of nitrogen functional groups attached to an aromatic ring is 1. The Balaban J connectivity index is 2.23. The predicted molar refractivity (Wildman–Crippen MR) is 61.9 cm³/mol. The molecule has 88 valence electrons. The largest absolute Gasteiger partial charge is 0.495 e. The average Bonchev–Trinajstić information content (AvgIpc) is 2.83. The van der Waals surface area contributed by atoms with Crippen molar-refractivity contribution in [3.8, 4) is 5.75 Å². The topological polar surface area (TPSA) is 90.4 Å². The third-order valence-corrected chi connectivity index (χ3v) is 2.14. The lowest BCUT2D eigenvalue weighted by molar-refractivity contribution is 0.101. The summed E-state index contributed by atoms with van der Waals surface area (Å²) in [5, 5.41) is 6.17. The summed E-state index contributed by atoms with van der Waals surface area (Å²) < 4.78 is 9.69. The van der Waals surface area contributed by atoms with E-state index in [1.54, 1.807) is 18.2 Å². The number of methoxy groups -OCH3 is 1. The van der Waals surface area contributed by atoms with E-state index in [0.29, 0.717) is 17.1 Å². The second-order valence-corrected chi connectivity index (χ2v) is 3.30. The van der Waals surface area contributed by atoms with E-state index in [4.69, 9.17) is 10.5 Å². The summed E-state index contributed by atoms with van der Waals surface area (Å²) >= 11 is 0. The first kappa shape index (κ1) is 11.0. The highest BCUT2D eigenvalue weighted by Crippen LogP contribution is 2.26. The molecule has 2 rings (SSSR count). The maximum absolute atomic E-state index is 11.7. The first-order chi connectivity index (χ1) is 8.20. The molecule has 1 aromatic heterocycles. The number of hydrogen-bond donors (Lipinski definition) is 2. The highest BCUT2D eigenvalue weighted by atomic mass is 16.5. The molecule has 1 amide bonds. The molecule has 0 atom stereocenters. The number of carbonyl (C=O) groups is 1. The number of nitrogens with two attached hydrogens (primary N) is 1. The van der Waals surface area contributed by atoms with Crippen molar-refractivity contribution in [1.82, 2.24) is 5.16 Å². The van der Waals surface area contributed by atoms with Crippen molar-refractivity contribution in [3.63, 3.8) is 0 Å². The molecule has 0 unspecified atom stereocenters. The van der Waals surface area contributed by atoms with Gasteiger partial charge in [-0.05, 0) is 18.2 Å². The van der Waals surface area contributed by atoms with E-state index in [1.165, 1.54) is 19.4 Å². The number of nitrogens with one attached hydrogen (secondary N) is 1. The van der Waals surface area contributed by atoms with Crippen molar-refractivity contribution < 1.29 is 14.1 Å². The van der Waals surface area contributed by atoms with E-state index in [2.05, 4.69) is 15.0 Å². The van der Waals surface area contributed by atoms with E-state index >= 15 is 0 Å². The summed E-state index contributed by atoms with van der Waals surface area (Å²) in [4.78, 5) is 11.7. The zero-order valence-corrected chi connectivity index (χ0v) is 9.14. The molecule has 0 aliphatic carbocycles. The molecule has 0 fully saturated rings. The van der Waals surface area contributed by atoms with Crippen molar-refractivity contribution >= 4 is 17.3 Å². The molecular weight excluding hydrogens is 222 g/mol. The molecule has 0 bridgehead atoms. The van der Waals surface area contributed by atoms with Crippen molar-refractivity contribution in [2.75, 3.05) is 18.2 Å². The predicted octanol–water partition coefficient (Wildman–Crippen LogP) is 1.52. The summed E-state index contributed by atoms with van der Waals surface area (Å²) in [5.74, 6) is 0.138. The van der Waals surface area contributed by atoms with Gasteiger partial charge in [0.2, 0.25) is 0 Å². The second kappa shape index (κ2) is 4.56. The number of anilines is 2. The van der Waals surface area contributed by atoms with Crippen molar-refractivity contribution in [1.29, 1.82) is 0 Å². The molecule has 0 aliphatic heterocycles. The van der Waals surface area contributed by atoms with Gasteiger partial charge in [-0.25, -0.2) is 0 Å². The minimum atomic E-state index is -0.386. The van der Waals surface area contributed by atoms with Crippen LogP contribution in [0.4, 0.5) is 11.4 Å². The average molecular weight is 233 g/mol. The Morgan fingerprint density at radius 1 is 1.47 bits per heavy atom. The SMILES string of the molecule is COc1ccc(N)cc1NC(=O)c1ccon1. The van der Waals surface area contributed by atoms with Gasteiger partial charge >= 0.3 is 0 Å². The van der Waals surface area contributed by atoms with Crippen LogP contribution in [0.1, 0.15) is 10.5 Å². The Morgan fingerprint density at radius 2 is 2.29 bits per heavy atom. The zero-order valence-electron chi connectivity index (χ0n) is 9.14. The van der Waals surface area contributed by atoms with Crippen LogP contribution in [0, 0.1) is 0 Å². The Labute approximate surface area is 97.3 Å². The van der Waals surface area contributed by atoms with Gasteiger partial charge in [-0.15, -0.1) is 0 Å². The van der Waals surface area contributed by atoms with E-state index in [-0.39, 0.29) is 11.6 Å². The Morgan fingerprint density at radius 3 is 2.94 bits per heavy atom. The summed E-state index contributed by atoms with van der Waals surface area (Å²) in [6.07, 6.45) is 1.32. The molecule has 3 N–H and O–H groups in total. The number of hydrogen-bond acceptors (Lipinski definition) is 5. The van der Waals surface area contributed by atoms with Crippen molar-refractivity contribution in [2.24, 2.45) is 0 Å². The molecule has 1 heterocycles.